The molecular formula is C13H21N3OS. The number of hydrogen-bond acceptors (Lipinski definition) is 3. The second-order valence-electron chi connectivity index (χ2n) is 5.36. The van der Waals surface area contributed by atoms with Crippen LogP contribution in [0.25, 0.3) is 0 Å². The zero-order valence-corrected chi connectivity index (χ0v) is 11.5. The van der Waals surface area contributed by atoms with Crippen molar-refractivity contribution < 1.29 is 4.21 Å². The van der Waals surface area contributed by atoms with Crippen LogP contribution < -0.4 is 5.32 Å². The number of nitrogens with one attached hydrogen (secondary N) is 1. The summed E-state index contributed by atoms with van der Waals surface area (Å²) in [7, 11) is -0.584. The van der Waals surface area contributed by atoms with E-state index in [4.69, 9.17) is 0 Å². The van der Waals surface area contributed by atoms with E-state index in [1.165, 1.54) is 25.7 Å². The molecule has 1 aliphatic carbocycles. The van der Waals surface area contributed by atoms with Crippen molar-refractivity contribution in [3.63, 3.8) is 0 Å². The van der Waals surface area contributed by atoms with Crippen LogP contribution in [-0.4, -0.2) is 31.3 Å². The number of imidazole rings is 1. The fourth-order valence-corrected chi connectivity index (χ4v) is 4.32. The van der Waals surface area contributed by atoms with E-state index in [0.29, 0.717) is 12.1 Å². The molecule has 1 aromatic heterocycles. The largest absolute Gasteiger partial charge is 0.353 e. The van der Waals surface area contributed by atoms with Crippen molar-refractivity contribution in [1.29, 1.82) is 0 Å². The Kier molecular flexibility index (Phi) is 3.68. The Hall–Kier alpha value is -0.840. The van der Waals surface area contributed by atoms with Gasteiger partial charge in [-0.2, -0.15) is 0 Å². The van der Waals surface area contributed by atoms with E-state index in [9.17, 15) is 4.21 Å². The average molecular weight is 267 g/mol. The second-order valence-corrected chi connectivity index (χ2v) is 7.06. The second kappa shape index (κ2) is 5.43. The van der Waals surface area contributed by atoms with Gasteiger partial charge >= 0.3 is 0 Å². The predicted octanol–water partition coefficient (Wildman–Crippen LogP) is 2.32. The molecule has 2 aliphatic rings. The van der Waals surface area contributed by atoms with Crippen LogP contribution in [0.1, 0.15) is 44.6 Å². The average Bonchev–Trinajstić information content (AvgIpc) is 3.02. The Morgan fingerprint density at radius 1 is 1.22 bits per heavy atom. The van der Waals surface area contributed by atoms with Gasteiger partial charge < -0.3 is 9.88 Å². The number of nitrogens with zero attached hydrogens (tertiary/aromatic N) is 2. The molecule has 0 atom stereocenters. The monoisotopic (exact) mass is 267 g/mol. The molecule has 18 heavy (non-hydrogen) atoms. The standard InChI is InChI=1S/C13H21N3OS/c17-18-9-5-11(6-10-18)15-13-14-7-8-16(13)12-3-1-2-4-12/h7-8,11-12H,1-6,9-10H2,(H,14,15). The van der Waals surface area contributed by atoms with Gasteiger partial charge in [-0.1, -0.05) is 12.8 Å². The Morgan fingerprint density at radius 2 is 1.94 bits per heavy atom. The van der Waals surface area contributed by atoms with Crippen LogP contribution in [0, 0.1) is 0 Å². The van der Waals surface area contributed by atoms with Gasteiger partial charge in [0.25, 0.3) is 0 Å². The third-order valence-electron chi connectivity index (χ3n) is 4.11. The molecule has 1 aliphatic heterocycles. The first-order valence-electron chi connectivity index (χ1n) is 6.97. The highest BCUT2D eigenvalue weighted by Gasteiger charge is 2.22. The summed E-state index contributed by atoms with van der Waals surface area (Å²) in [4.78, 5) is 4.45. The third kappa shape index (κ3) is 2.60. The van der Waals surface area contributed by atoms with E-state index < -0.39 is 10.8 Å². The van der Waals surface area contributed by atoms with Crippen LogP contribution in [0.3, 0.4) is 0 Å². The van der Waals surface area contributed by atoms with Crippen molar-refractivity contribution in [2.75, 3.05) is 16.8 Å². The third-order valence-corrected chi connectivity index (χ3v) is 5.49. The first kappa shape index (κ1) is 12.2. The number of hydrogen-bond donors (Lipinski definition) is 1. The van der Waals surface area contributed by atoms with Crippen LogP contribution in [0.4, 0.5) is 5.95 Å². The smallest absolute Gasteiger partial charge is 0.203 e. The lowest BCUT2D eigenvalue weighted by Gasteiger charge is -2.24. The summed E-state index contributed by atoms with van der Waals surface area (Å²) >= 11 is 0. The maximum absolute atomic E-state index is 11.3. The normalized spacial score (nSPS) is 29.6. The molecular weight excluding hydrogens is 246 g/mol. The quantitative estimate of drug-likeness (QED) is 0.914. The van der Waals surface area contributed by atoms with Crippen LogP contribution in [0.5, 0.6) is 0 Å². The highest BCUT2D eigenvalue weighted by atomic mass is 32.2. The zero-order chi connectivity index (χ0) is 12.4. The van der Waals surface area contributed by atoms with Gasteiger partial charge in [-0.25, -0.2) is 4.98 Å². The highest BCUT2D eigenvalue weighted by Crippen LogP contribution is 2.31. The molecule has 0 bridgehead atoms. The van der Waals surface area contributed by atoms with Crippen LogP contribution in [0.15, 0.2) is 12.4 Å². The van der Waals surface area contributed by atoms with Crippen LogP contribution in [-0.2, 0) is 10.8 Å². The van der Waals surface area contributed by atoms with Crippen molar-refractivity contribution in [2.24, 2.45) is 0 Å². The molecule has 1 saturated carbocycles. The number of aromatic nitrogens is 2. The molecule has 1 aromatic rings. The summed E-state index contributed by atoms with van der Waals surface area (Å²) in [6.07, 6.45) is 11.2. The Morgan fingerprint density at radius 3 is 2.67 bits per heavy atom. The molecule has 100 valence electrons. The summed E-state index contributed by atoms with van der Waals surface area (Å²) in [5.41, 5.74) is 0. The van der Waals surface area contributed by atoms with Crippen molar-refractivity contribution in [3.05, 3.63) is 12.4 Å². The SMILES string of the molecule is O=S1CCC(Nc2nccn2C2CCCC2)CC1. The van der Waals surface area contributed by atoms with E-state index >= 15 is 0 Å². The lowest BCUT2D eigenvalue weighted by atomic mass is 10.1. The van der Waals surface area contributed by atoms with Crippen molar-refractivity contribution in [1.82, 2.24) is 9.55 Å². The van der Waals surface area contributed by atoms with Crippen molar-refractivity contribution >= 4 is 16.7 Å². The summed E-state index contributed by atoms with van der Waals surface area (Å²) in [5.74, 6) is 2.68. The molecule has 2 heterocycles. The minimum Gasteiger partial charge on any atom is -0.353 e. The Balaban J connectivity index is 1.65. The predicted molar refractivity (Wildman–Crippen MR) is 74.3 cm³/mol. The molecule has 5 heteroatoms. The minimum atomic E-state index is -0.584. The molecule has 1 N–H and O–H groups in total. The molecule has 0 unspecified atom stereocenters. The fourth-order valence-electron chi connectivity index (χ4n) is 3.02. The van der Waals surface area contributed by atoms with Gasteiger partial charge in [-0.05, 0) is 25.7 Å². The summed E-state index contributed by atoms with van der Waals surface area (Å²) < 4.78 is 13.7. The maximum atomic E-state index is 11.3. The van der Waals surface area contributed by atoms with Gasteiger partial charge in [0.15, 0.2) is 0 Å². The van der Waals surface area contributed by atoms with Gasteiger partial charge in [0.2, 0.25) is 5.95 Å². The Bertz CT molecular complexity index is 416. The summed E-state index contributed by atoms with van der Waals surface area (Å²) in [5, 5.41) is 3.54. The number of anilines is 1. The van der Waals surface area contributed by atoms with Crippen LogP contribution in [0.2, 0.25) is 0 Å². The number of rotatable bonds is 3. The van der Waals surface area contributed by atoms with Gasteiger partial charge in [0.05, 0.1) is 0 Å². The Labute approximate surface area is 111 Å². The van der Waals surface area contributed by atoms with Crippen molar-refractivity contribution in [2.45, 2.75) is 50.6 Å². The highest BCUT2D eigenvalue weighted by molar-refractivity contribution is 7.85. The summed E-state index contributed by atoms with van der Waals surface area (Å²) in [6.45, 7) is 0. The molecule has 0 amide bonds. The first-order valence-corrected chi connectivity index (χ1v) is 8.46. The van der Waals surface area contributed by atoms with E-state index in [1.54, 1.807) is 0 Å². The van der Waals surface area contributed by atoms with E-state index in [0.717, 1.165) is 30.3 Å². The van der Waals surface area contributed by atoms with Gasteiger partial charge in [-0.15, -0.1) is 0 Å². The lowest BCUT2D eigenvalue weighted by molar-refractivity contribution is 0.516. The molecule has 0 radical (unpaired) electrons. The lowest BCUT2D eigenvalue weighted by Crippen LogP contribution is -2.30. The van der Waals surface area contributed by atoms with Gasteiger partial charge in [0.1, 0.15) is 0 Å². The molecule has 0 spiro atoms. The fraction of sp³-hybridized carbons (Fsp3) is 0.769. The first-order chi connectivity index (χ1) is 8.83. The summed E-state index contributed by atoms with van der Waals surface area (Å²) in [6, 6.07) is 1.08. The maximum Gasteiger partial charge on any atom is 0.203 e. The van der Waals surface area contributed by atoms with E-state index in [1.807, 2.05) is 6.20 Å². The van der Waals surface area contributed by atoms with Gasteiger partial charge in [-0.3, -0.25) is 4.21 Å². The molecule has 1 saturated heterocycles. The van der Waals surface area contributed by atoms with E-state index in [-0.39, 0.29) is 0 Å². The molecule has 3 rings (SSSR count). The molecule has 2 fully saturated rings. The van der Waals surface area contributed by atoms with E-state index in [2.05, 4.69) is 21.1 Å². The van der Waals surface area contributed by atoms with Crippen molar-refractivity contribution in [3.8, 4) is 0 Å². The molecule has 4 nitrogen and oxygen atoms in total. The topological polar surface area (TPSA) is 46.9 Å². The molecule has 0 aromatic carbocycles. The zero-order valence-electron chi connectivity index (χ0n) is 10.7. The minimum absolute atomic E-state index is 0.449. The van der Waals surface area contributed by atoms with Crippen LogP contribution >= 0.6 is 0 Å². The van der Waals surface area contributed by atoms with Gasteiger partial charge in [0, 0.05) is 46.8 Å².